The highest BCUT2D eigenvalue weighted by atomic mass is 19.4. The molecule has 0 aromatic heterocycles. The van der Waals surface area contributed by atoms with E-state index in [1.54, 1.807) is 0 Å². The second kappa shape index (κ2) is 24.2. The minimum atomic E-state index is -5.35. The van der Waals surface area contributed by atoms with Crippen LogP contribution in [0.15, 0.2) is 42.0 Å². The fourth-order valence-electron chi connectivity index (χ4n) is 4.67. The molecule has 0 aliphatic heterocycles. The summed E-state index contributed by atoms with van der Waals surface area (Å²) in [6, 6.07) is 9.87. The van der Waals surface area contributed by atoms with E-state index in [4.69, 9.17) is 9.84 Å². The molecule has 0 unspecified atom stereocenters. The molecule has 14 heteroatoms. The molecule has 0 bridgehead atoms. The van der Waals surface area contributed by atoms with Gasteiger partial charge in [-0.15, -0.1) is 0 Å². The topological polar surface area (TPSA) is 29.5 Å². The normalized spacial score (nSPS) is 12.6. The minimum Gasteiger partial charge on any atom is -0.396 e. The largest absolute Gasteiger partial charge is 0.420 e. The van der Waals surface area contributed by atoms with Gasteiger partial charge in [0, 0.05) is 13.2 Å². The van der Waals surface area contributed by atoms with Crippen molar-refractivity contribution in [1.29, 1.82) is 0 Å². The van der Waals surface area contributed by atoms with E-state index < -0.39 is 42.6 Å². The van der Waals surface area contributed by atoms with Crippen LogP contribution in [0, 0.1) is 5.92 Å². The molecule has 2 nitrogen and oxygen atoms in total. The van der Waals surface area contributed by atoms with Gasteiger partial charge in [-0.25, -0.2) is 0 Å². The molecule has 1 rings (SSSR count). The highest BCUT2D eigenvalue weighted by molar-refractivity contribution is 5.15. The third kappa shape index (κ3) is 24.8. The monoisotopic (exact) mass is 704 g/mol. The van der Waals surface area contributed by atoms with Crippen LogP contribution in [-0.4, -0.2) is 43.0 Å². The second-order valence-corrected chi connectivity index (χ2v) is 11.4. The van der Waals surface area contributed by atoms with Crippen LogP contribution < -0.4 is 0 Å². The number of unbranched alkanes of at least 4 members (excludes halogenated alkanes) is 14. The second-order valence-electron chi connectivity index (χ2n) is 11.4. The quantitative estimate of drug-likeness (QED) is 0.0740. The van der Waals surface area contributed by atoms with Crippen LogP contribution in [0.25, 0.3) is 0 Å². The number of ether oxygens (including phenoxy) is 1. The van der Waals surface area contributed by atoms with E-state index in [1.807, 2.05) is 30.3 Å². The third-order valence-corrected chi connectivity index (χ3v) is 7.25. The van der Waals surface area contributed by atoms with Crippen molar-refractivity contribution in [1.82, 2.24) is 0 Å². The molecule has 0 fully saturated rings. The van der Waals surface area contributed by atoms with Crippen molar-refractivity contribution in [3.63, 3.8) is 0 Å². The number of aliphatic hydroxyl groups excluding tert-OH is 1. The van der Waals surface area contributed by atoms with E-state index in [-0.39, 0.29) is 25.5 Å². The molecule has 0 spiro atoms. The first-order valence-electron chi connectivity index (χ1n) is 16.1. The molecule has 0 aliphatic carbocycles. The highest BCUT2D eigenvalue weighted by Gasteiger charge is 2.55. The van der Waals surface area contributed by atoms with E-state index >= 15 is 0 Å². The fourth-order valence-corrected chi connectivity index (χ4v) is 4.67. The lowest BCUT2D eigenvalue weighted by atomic mass is 9.99. The summed E-state index contributed by atoms with van der Waals surface area (Å²) in [5.74, 6) is -3.19. The first-order valence-corrected chi connectivity index (χ1v) is 16.1. The summed E-state index contributed by atoms with van der Waals surface area (Å²) in [4.78, 5) is 0. The van der Waals surface area contributed by atoms with Gasteiger partial charge in [0.1, 0.15) is 5.57 Å². The molecule has 1 N–H and O–H groups in total. The van der Waals surface area contributed by atoms with Crippen molar-refractivity contribution in [2.75, 3.05) is 13.2 Å². The average Bonchev–Trinajstić information content (AvgIpc) is 2.94. The van der Waals surface area contributed by atoms with Gasteiger partial charge in [0.2, 0.25) is 0 Å². The number of hydrogen-bond donors (Lipinski definition) is 1. The van der Waals surface area contributed by atoms with Crippen molar-refractivity contribution in [2.24, 2.45) is 5.92 Å². The number of halogens is 12. The van der Waals surface area contributed by atoms with Crippen LogP contribution >= 0.6 is 0 Å². The summed E-state index contributed by atoms with van der Waals surface area (Å²) in [6.45, 7) is 1.42. The van der Waals surface area contributed by atoms with Gasteiger partial charge in [0.05, 0.1) is 6.61 Å². The first kappa shape index (κ1) is 45.0. The number of allylic oxidation sites excluding steroid dienone is 2. The Morgan fingerprint density at radius 3 is 1.45 bits per heavy atom. The van der Waals surface area contributed by atoms with Crippen LogP contribution in [0.3, 0.4) is 0 Å². The smallest absolute Gasteiger partial charge is 0.396 e. The van der Waals surface area contributed by atoms with Gasteiger partial charge in [-0.1, -0.05) is 113 Å². The van der Waals surface area contributed by atoms with E-state index in [0.717, 1.165) is 69.8 Å². The van der Waals surface area contributed by atoms with Crippen molar-refractivity contribution < 1.29 is 62.5 Å². The highest BCUT2D eigenvalue weighted by Crippen LogP contribution is 2.42. The Labute approximate surface area is 269 Å². The lowest BCUT2D eigenvalue weighted by molar-refractivity contribution is -0.285. The minimum absolute atomic E-state index is 0.0552. The van der Waals surface area contributed by atoms with E-state index in [0.29, 0.717) is 38.9 Å². The van der Waals surface area contributed by atoms with Crippen molar-refractivity contribution >= 4 is 0 Å². The van der Waals surface area contributed by atoms with Gasteiger partial charge in [-0.3, -0.25) is 0 Å². The Bertz CT molecular complexity index is 877. The Balaban J connectivity index is 0.000000945. The van der Waals surface area contributed by atoms with Gasteiger partial charge in [0.25, 0.3) is 0 Å². The molecule has 0 atom stereocenters. The molecule has 1 aromatic rings. The maximum Gasteiger partial charge on any atom is 0.420 e. The summed E-state index contributed by atoms with van der Waals surface area (Å²) >= 11 is 0. The summed E-state index contributed by atoms with van der Waals surface area (Å²) < 4.78 is 153. The number of hydrogen-bond acceptors (Lipinski definition) is 2. The van der Waals surface area contributed by atoms with Gasteiger partial charge in [0.15, 0.2) is 5.92 Å². The average molecular weight is 705 g/mol. The molecule has 1 aromatic carbocycles. The standard InChI is InChI=1S/C20H26F6O.C13H22F6O/c21-19(22,23)18(20(24,25)26)14-10-5-3-1-2-4-6-11-15-27-16-17-12-8-7-9-13-17;14-12(15,16)11(13(17,18)19)9-7-5-3-1-2-4-6-8-10-20/h7-9,12-14H,1-6,10-11,15-16H2;11,20H,1-10H2. The lowest BCUT2D eigenvalue weighted by Gasteiger charge is -2.22. The molecule has 0 radical (unpaired) electrons. The maximum atomic E-state index is 12.3. The molecule has 0 aliphatic rings. The van der Waals surface area contributed by atoms with Crippen LogP contribution in [0.1, 0.15) is 115 Å². The Morgan fingerprint density at radius 2 is 1.00 bits per heavy atom. The zero-order valence-corrected chi connectivity index (χ0v) is 26.6. The van der Waals surface area contributed by atoms with Gasteiger partial charge in [-0.2, -0.15) is 52.7 Å². The predicted molar refractivity (Wildman–Crippen MR) is 157 cm³/mol. The molecule has 47 heavy (non-hydrogen) atoms. The molecule has 0 amide bonds. The summed E-state index contributed by atoms with van der Waals surface area (Å²) in [7, 11) is 0. The third-order valence-electron chi connectivity index (χ3n) is 7.25. The zero-order valence-electron chi connectivity index (χ0n) is 26.6. The summed E-state index contributed by atoms with van der Waals surface area (Å²) in [6.07, 6.45) is -11.0. The van der Waals surface area contributed by atoms with Gasteiger partial charge in [-0.05, 0) is 37.7 Å². The van der Waals surface area contributed by atoms with Crippen LogP contribution in [0.2, 0.25) is 0 Å². The van der Waals surface area contributed by atoms with E-state index in [1.165, 1.54) is 0 Å². The Morgan fingerprint density at radius 1 is 0.574 bits per heavy atom. The zero-order chi connectivity index (χ0) is 35.8. The first-order chi connectivity index (χ1) is 21.9. The fraction of sp³-hybridized carbons (Fsp3) is 0.758. The molecular formula is C33H48F12O2. The SMILES string of the molecule is FC(F)(F)C(=CCCCCCCCCCOCc1ccccc1)C(F)(F)F.OCCCCCCCCCCC(C(F)(F)F)C(F)(F)F. The number of rotatable bonds is 22. The predicted octanol–water partition coefficient (Wildman–Crippen LogP) is 12.6. The Hall–Kier alpha value is -1.96. The van der Waals surface area contributed by atoms with E-state index in [9.17, 15) is 52.7 Å². The van der Waals surface area contributed by atoms with Gasteiger partial charge >= 0.3 is 24.7 Å². The summed E-state index contributed by atoms with van der Waals surface area (Å²) in [5.41, 5.74) is -1.27. The van der Waals surface area contributed by atoms with Gasteiger partial charge < -0.3 is 9.84 Å². The molecule has 0 heterocycles. The molecular weight excluding hydrogens is 656 g/mol. The van der Waals surface area contributed by atoms with Crippen LogP contribution in [0.4, 0.5) is 52.7 Å². The molecule has 276 valence electrons. The lowest BCUT2D eigenvalue weighted by Crippen LogP contribution is -2.36. The van der Waals surface area contributed by atoms with Crippen molar-refractivity contribution in [2.45, 2.75) is 140 Å². The maximum absolute atomic E-state index is 12.3. The number of alkyl halides is 12. The van der Waals surface area contributed by atoms with Crippen molar-refractivity contribution in [3.8, 4) is 0 Å². The number of benzene rings is 1. The Kier molecular flexibility index (Phi) is 23.2. The summed E-state index contributed by atoms with van der Waals surface area (Å²) in [5, 5.41) is 8.54. The number of aliphatic hydroxyl groups is 1. The van der Waals surface area contributed by atoms with Crippen LogP contribution in [0.5, 0.6) is 0 Å². The molecule has 0 saturated carbocycles. The molecule has 0 saturated heterocycles. The van der Waals surface area contributed by atoms with E-state index in [2.05, 4.69) is 0 Å². The van der Waals surface area contributed by atoms with Crippen LogP contribution in [-0.2, 0) is 11.3 Å². The van der Waals surface area contributed by atoms with Crippen molar-refractivity contribution in [3.05, 3.63) is 47.5 Å².